The predicted octanol–water partition coefficient (Wildman–Crippen LogP) is 4.82. The van der Waals surface area contributed by atoms with Crippen LogP contribution < -0.4 is 5.32 Å². The third-order valence-corrected chi connectivity index (χ3v) is 3.18. The van der Waals surface area contributed by atoms with Gasteiger partial charge in [-0.25, -0.2) is 0 Å². The molecule has 0 aromatic heterocycles. The number of benzene rings is 1. The molecule has 0 amide bonds. The smallest absolute Gasteiger partial charge is 0.0406 e. The van der Waals surface area contributed by atoms with E-state index in [-0.39, 0.29) is 0 Å². The van der Waals surface area contributed by atoms with Gasteiger partial charge < -0.3 is 5.32 Å². The van der Waals surface area contributed by atoms with Crippen molar-refractivity contribution in [1.82, 2.24) is 5.32 Å². The lowest BCUT2D eigenvalue weighted by atomic mass is 9.90. The molecule has 0 spiro atoms. The van der Waals surface area contributed by atoms with Crippen molar-refractivity contribution in [3.63, 3.8) is 0 Å². The fourth-order valence-electron chi connectivity index (χ4n) is 1.81. The minimum Gasteiger partial charge on any atom is -0.310 e. The van der Waals surface area contributed by atoms with E-state index in [4.69, 9.17) is 11.6 Å². The van der Waals surface area contributed by atoms with E-state index in [9.17, 15) is 0 Å². The van der Waals surface area contributed by atoms with Gasteiger partial charge in [0, 0.05) is 11.1 Å². The van der Waals surface area contributed by atoms with E-state index in [2.05, 4.69) is 45.1 Å². The zero-order valence-electron chi connectivity index (χ0n) is 11.4. The summed E-state index contributed by atoms with van der Waals surface area (Å²) in [6, 6.07) is 8.47. The lowest BCUT2D eigenvalue weighted by Gasteiger charge is -2.19. The maximum Gasteiger partial charge on any atom is 0.0406 e. The Morgan fingerprint density at radius 1 is 1.18 bits per heavy atom. The van der Waals surface area contributed by atoms with Crippen LogP contribution in [0.2, 0.25) is 5.02 Å². The van der Waals surface area contributed by atoms with Crippen molar-refractivity contribution < 1.29 is 0 Å². The summed E-state index contributed by atoms with van der Waals surface area (Å²) in [7, 11) is 0. The minimum atomic E-state index is 0.396. The summed E-state index contributed by atoms with van der Waals surface area (Å²) in [5.74, 6) is 0. The zero-order valence-corrected chi connectivity index (χ0v) is 12.1. The molecule has 1 rings (SSSR count). The van der Waals surface area contributed by atoms with Crippen LogP contribution in [0.5, 0.6) is 0 Å². The Bertz CT molecular complexity index is 324. The lowest BCUT2D eigenvalue weighted by Crippen LogP contribution is -2.21. The van der Waals surface area contributed by atoms with Crippen molar-refractivity contribution in [2.24, 2.45) is 5.41 Å². The largest absolute Gasteiger partial charge is 0.310 e. The molecule has 96 valence electrons. The van der Waals surface area contributed by atoms with Crippen LogP contribution in [0.1, 0.15) is 52.1 Å². The minimum absolute atomic E-state index is 0.396. The molecule has 0 radical (unpaired) electrons. The molecule has 0 aliphatic heterocycles. The molecule has 1 nitrogen and oxygen atoms in total. The van der Waals surface area contributed by atoms with Crippen molar-refractivity contribution in [1.29, 1.82) is 0 Å². The third kappa shape index (κ3) is 6.09. The summed E-state index contributed by atoms with van der Waals surface area (Å²) in [6.07, 6.45) is 2.48. The van der Waals surface area contributed by atoms with E-state index >= 15 is 0 Å². The van der Waals surface area contributed by atoms with Crippen LogP contribution in [0, 0.1) is 5.41 Å². The summed E-state index contributed by atoms with van der Waals surface area (Å²) < 4.78 is 0. The summed E-state index contributed by atoms with van der Waals surface area (Å²) in [5, 5.41) is 4.35. The van der Waals surface area contributed by atoms with E-state index in [0.29, 0.717) is 11.5 Å². The molecule has 0 saturated heterocycles. The van der Waals surface area contributed by atoms with Crippen molar-refractivity contribution in [2.45, 2.75) is 46.6 Å². The molecule has 1 aromatic carbocycles. The van der Waals surface area contributed by atoms with E-state index in [0.717, 1.165) is 11.6 Å². The van der Waals surface area contributed by atoms with Crippen molar-refractivity contribution in [2.75, 3.05) is 6.54 Å². The number of nitrogens with one attached hydrogen (secondary N) is 1. The first-order valence-electron chi connectivity index (χ1n) is 6.37. The SMILES string of the molecule is CC(NCCCC(C)(C)C)c1ccc(Cl)cc1. The highest BCUT2D eigenvalue weighted by molar-refractivity contribution is 6.30. The van der Waals surface area contributed by atoms with Gasteiger partial charge in [0.15, 0.2) is 0 Å². The average Bonchev–Trinajstić information content (AvgIpc) is 2.24. The third-order valence-electron chi connectivity index (χ3n) is 2.92. The number of hydrogen-bond acceptors (Lipinski definition) is 1. The van der Waals surface area contributed by atoms with E-state index in [1.165, 1.54) is 18.4 Å². The fraction of sp³-hybridized carbons (Fsp3) is 0.600. The molecule has 2 heteroatoms. The van der Waals surface area contributed by atoms with E-state index in [1.807, 2.05) is 12.1 Å². The predicted molar refractivity (Wildman–Crippen MR) is 76.6 cm³/mol. The van der Waals surface area contributed by atoms with Crippen molar-refractivity contribution >= 4 is 11.6 Å². The Morgan fingerprint density at radius 2 is 1.76 bits per heavy atom. The molecule has 17 heavy (non-hydrogen) atoms. The van der Waals surface area contributed by atoms with Crippen molar-refractivity contribution in [3.8, 4) is 0 Å². The van der Waals surface area contributed by atoms with Gasteiger partial charge in [-0.2, -0.15) is 0 Å². The highest BCUT2D eigenvalue weighted by Gasteiger charge is 2.10. The first kappa shape index (κ1) is 14.5. The topological polar surface area (TPSA) is 12.0 Å². The molecule has 1 N–H and O–H groups in total. The van der Waals surface area contributed by atoms with Gasteiger partial charge in [-0.1, -0.05) is 44.5 Å². The Balaban J connectivity index is 2.30. The quantitative estimate of drug-likeness (QED) is 0.742. The number of rotatable bonds is 5. The molecular weight excluding hydrogens is 230 g/mol. The summed E-state index contributed by atoms with van der Waals surface area (Å²) in [6.45, 7) is 10.1. The number of halogens is 1. The van der Waals surface area contributed by atoms with Crippen molar-refractivity contribution in [3.05, 3.63) is 34.9 Å². The van der Waals surface area contributed by atoms with Crippen LogP contribution in [0.4, 0.5) is 0 Å². The van der Waals surface area contributed by atoms with Gasteiger partial charge in [0.1, 0.15) is 0 Å². The molecular formula is C15H24ClN. The molecule has 0 saturated carbocycles. The first-order chi connectivity index (χ1) is 7.88. The highest BCUT2D eigenvalue weighted by Crippen LogP contribution is 2.20. The summed E-state index contributed by atoms with van der Waals surface area (Å²) >= 11 is 5.87. The Labute approximate surface area is 111 Å². The first-order valence-corrected chi connectivity index (χ1v) is 6.75. The second-order valence-corrected chi connectivity index (χ2v) is 6.33. The number of hydrogen-bond donors (Lipinski definition) is 1. The van der Waals surface area contributed by atoms with Crippen LogP contribution >= 0.6 is 11.6 Å². The van der Waals surface area contributed by atoms with Gasteiger partial charge in [0.25, 0.3) is 0 Å². The molecule has 0 heterocycles. The molecule has 1 atom stereocenters. The molecule has 0 fully saturated rings. The van der Waals surface area contributed by atoms with E-state index in [1.54, 1.807) is 0 Å². The monoisotopic (exact) mass is 253 g/mol. The molecule has 1 aromatic rings. The fourth-order valence-corrected chi connectivity index (χ4v) is 1.93. The van der Waals surface area contributed by atoms with Crippen LogP contribution in [0.3, 0.4) is 0 Å². The summed E-state index contributed by atoms with van der Waals surface area (Å²) in [5.41, 5.74) is 1.73. The molecule has 0 aliphatic carbocycles. The van der Waals surface area contributed by atoms with Gasteiger partial charge in [0.2, 0.25) is 0 Å². The maximum atomic E-state index is 5.87. The van der Waals surface area contributed by atoms with Crippen LogP contribution in [-0.4, -0.2) is 6.54 Å². The van der Waals surface area contributed by atoms with Gasteiger partial charge in [-0.05, 0) is 49.4 Å². The second-order valence-electron chi connectivity index (χ2n) is 5.89. The Hall–Kier alpha value is -0.530. The Morgan fingerprint density at radius 3 is 2.29 bits per heavy atom. The second kappa shape index (κ2) is 6.42. The molecule has 1 unspecified atom stereocenters. The van der Waals surface area contributed by atoms with Gasteiger partial charge in [-0.3, -0.25) is 0 Å². The van der Waals surface area contributed by atoms with Gasteiger partial charge in [0.05, 0.1) is 0 Å². The highest BCUT2D eigenvalue weighted by atomic mass is 35.5. The van der Waals surface area contributed by atoms with Crippen LogP contribution in [-0.2, 0) is 0 Å². The summed E-state index contributed by atoms with van der Waals surface area (Å²) in [4.78, 5) is 0. The lowest BCUT2D eigenvalue weighted by molar-refractivity contribution is 0.357. The maximum absolute atomic E-state index is 5.87. The van der Waals surface area contributed by atoms with E-state index < -0.39 is 0 Å². The molecule has 0 aliphatic rings. The average molecular weight is 254 g/mol. The normalized spacial score (nSPS) is 13.7. The zero-order chi connectivity index (χ0) is 12.9. The van der Waals surface area contributed by atoms with Gasteiger partial charge in [-0.15, -0.1) is 0 Å². The Kier molecular flexibility index (Phi) is 5.48. The standard InChI is InChI=1S/C15H24ClN/c1-12(13-6-8-14(16)9-7-13)17-11-5-10-15(2,3)4/h6-9,12,17H,5,10-11H2,1-4H3. The van der Waals surface area contributed by atoms with Crippen LogP contribution in [0.15, 0.2) is 24.3 Å². The molecule has 0 bridgehead atoms. The van der Waals surface area contributed by atoms with Crippen LogP contribution in [0.25, 0.3) is 0 Å². The van der Waals surface area contributed by atoms with Gasteiger partial charge >= 0.3 is 0 Å².